The molecule has 1 aromatic carbocycles. The Balaban J connectivity index is 1.76. The maximum absolute atomic E-state index is 11.9. The van der Waals surface area contributed by atoms with Gasteiger partial charge in [-0.25, -0.2) is 0 Å². The number of methoxy groups -OCH3 is 1. The van der Waals surface area contributed by atoms with Gasteiger partial charge in [0.05, 0.1) is 7.11 Å². The van der Waals surface area contributed by atoms with Crippen LogP contribution in [0.15, 0.2) is 48.8 Å². The van der Waals surface area contributed by atoms with Crippen LogP contribution >= 0.6 is 0 Å². The summed E-state index contributed by atoms with van der Waals surface area (Å²) >= 11 is 0. The van der Waals surface area contributed by atoms with Crippen molar-refractivity contribution >= 4 is 5.91 Å². The fraction of sp³-hybridized carbons (Fsp3) is 0.294. The van der Waals surface area contributed by atoms with E-state index in [4.69, 9.17) is 4.74 Å². The third-order valence-corrected chi connectivity index (χ3v) is 3.34. The Morgan fingerprint density at radius 1 is 1.32 bits per heavy atom. The maximum Gasteiger partial charge on any atom is 0.253 e. The number of hydrogen-bond donors (Lipinski definition) is 2. The van der Waals surface area contributed by atoms with E-state index in [1.54, 1.807) is 37.6 Å². The lowest BCUT2D eigenvalue weighted by atomic mass is 10.1. The van der Waals surface area contributed by atoms with E-state index in [-0.39, 0.29) is 0 Å². The molecular weight excluding hydrogens is 280 g/mol. The number of nitrogens with one attached hydrogen (secondary N) is 1. The highest BCUT2D eigenvalue weighted by Crippen LogP contribution is 2.17. The summed E-state index contributed by atoms with van der Waals surface area (Å²) < 4.78 is 5.04. The van der Waals surface area contributed by atoms with Crippen LogP contribution in [-0.4, -0.2) is 29.7 Å². The predicted octanol–water partition coefficient (Wildman–Crippen LogP) is 1.87. The number of carbonyl (C=O) groups is 1. The number of aryl methyl sites for hydroxylation is 1. The maximum atomic E-state index is 11.9. The molecule has 5 heteroatoms. The van der Waals surface area contributed by atoms with Gasteiger partial charge in [0.1, 0.15) is 5.75 Å². The smallest absolute Gasteiger partial charge is 0.253 e. The Labute approximate surface area is 130 Å². The first-order valence-corrected chi connectivity index (χ1v) is 7.19. The molecule has 116 valence electrons. The van der Waals surface area contributed by atoms with Gasteiger partial charge in [0.15, 0.2) is 6.10 Å². The number of carbonyl (C=O) groups excluding carboxylic acids is 1. The highest BCUT2D eigenvalue weighted by atomic mass is 16.5. The van der Waals surface area contributed by atoms with Crippen LogP contribution in [0.1, 0.15) is 23.7 Å². The second-order valence-electron chi connectivity index (χ2n) is 4.93. The summed E-state index contributed by atoms with van der Waals surface area (Å²) in [7, 11) is 1.57. The molecule has 0 radical (unpaired) electrons. The van der Waals surface area contributed by atoms with Gasteiger partial charge in [0.2, 0.25) is 0 Å². The number of ether oxygens (including phenoxy) is 1. The van der Waals surface area contributed by atoms with E-state index in [1.165, 1.54) is 0 Å². The minimum absolute atomic E-state index is 0.392. The van der Waals surface area contributed by atoms with E-state index < -0.39 is 12.0 Å². The van der Waals surface area contributed by atoms with Crippen molar-refractivity contribution in [3.05, 3.63) is 59.9 Å². The van der Waals surface area contributed by atoms with Crippen molar-refractivity contribution in [1.29, 1.82) is 0 Å². The van der Waals surface area contributed by atoms with E-state index in [9.17, 15) is 9.90 Å². The van der Waals surface area contributed by atoms with Gasteiger partial charge in [-0.1, -0.05) is 18.2 Å². The number of hydrogen-bond acceptors (Lipinski definition) is 4. The molecule has 0 saturated heterocycles. The van der Waals surface area contributed by atoms with E-state index in [0.717, 1.165) is 18.4 Å². The first-order chi connectivity index (χ1) is 10.7. The van der Waals surface area contributed by atoms with Crippen LogP contribution in [0.25, 0.3) is 0 Å². The monoisotopic (exact) mass is 300 g/mol. The van der Waals surface area contributed by atoms with Crippen molar-refractivity contribution in [1.82, 2.24) is 10.3 Å². The van der Waals surface area contributed by atoms with Gasteiger partial charge in [-0.3, -0.25) is 9.78 Å². The average Bonchev–Trinajstić information content (AvgIpc) is 2.59. The van der Waals surface area contributed by atoms with Gasteiger partial charge in [-0.2, -0.15) is 0 Å². The highest BCUT2D eigenvalue weighted by Gasteiger charge is 2.16. The zero-order valence-corrected chi connectivity index (χ0v) is 12.5. The second-order valence-corrected chi connectivity index (χ2v) is 4.93. The van der Waals surface area contributed by atoms with E-state index in [2.05, 4.69) is 10.3 Å². The van der Waals surface area contributed by atoms with Gasteiger partial charge in [0, 0.05) is 18.9 Å². The quantitative estimate of drug-likeness (QED) is 0.766. The fourth-order valence-electron chi connectivity index (χ4n) is 2.08. The number of aromatic nitrogens is 1. The summed E-state index contributed by atoms with van der Waals surface area (Å²) in [5, 5.41) is 12.7. The van der Waals surface area contributed by atoms with Crippen molar-refractivity contribution in [3.63, 3.8) is 0 Å². The summed E-state index contributed by atoms with van der Waals surface area (Å²) in [5.74, 6) is 0.296. The molecule has 1 atom stereocenters. The molecule has 0 spiro atoms. The summed E-state index contributed by atoms with van der Waals surface area (Å²) in [6.45, 7) is 0.515. The van der Waals surface area contributed by atoms with Gasteiger partial charge in [-0.15, -0.1) is 0 Å². The van der Waals surface area contributed by atoms with Crippen LogP contribution in [0.3, 0.4) is 0 Å². The van der Waals surface area contributed by atoms with E-state index in [1.807, 2.05) is 18.3 Å². The Morgan fingerprint density at radius 2 is 2.09 bits per heavy atom. The number of aliphatic hydroxyl groups excluding tert-OH is 1. The van der Waals surface area contributed by atoms with Gasteiger partial charge in [-0.05, 0) is 42.2 Å². The molecule has 0 saturated carbocycles. The summed E-state index contributed by atoms with van der Waals surface area (Å²) in [5.41, 5.74) is 1.68. The van der Waals surface area contributed by atoms with Crippen molar-refractivity contribution in [2.45, 2.75) is 18.9 Å². The van der Waals surface area contributed by atoms with Crippen molar-refractivity contribution < 1.29 is 14.6 Å². The number of rotatable bonds is 7. The van der Waals surface area contributed by atoms with Crippen LogP contribution in [0, 0.1) is 0 Å². The normalized spacial score (nSPS) is 11.7. The molecule has 1 aromatic heterocycles. The van der Waals surface area contributed by atoms with Crippen molar-refractivity contribution in [3.8, 4) is 5.75 Å². The molecule has 1 heterocycles. The molecule has 0 aliphatic carbocycles. The molecule has 5 nitrogen and oxygen atoms in total. The van der Waals surface area contributed by atoms with Crippen molar-refractivity contribution in [2.75, 3.05) is 13.7 Å². The van der Waals surface area contributed by atoms with Crippen LogP contribution in [0.5, 0.6) is 5.75 Å². The average molecular weight is 300 g/mol. The predicted molar refractivity (Wildman–Crippen MR) is 83.5 cm³/mol. The molecule has 0 unspecified atom stereocenters. The summed E-state index contributed by atoms with van der Waals surface area (Å²) in [6.07, 6.45) is 4.02. The van der Waals surface area contributed by atoms with E-state index in [0.29, 0.717) is 17.9 Å². The lowest BCUT2D eigenvalue weighted by Crippen LogP contribution is -2.30. The van der Waals surface area contributed by atoms with Crippen LogP contribution in [0.4, 0.5) is 0 Å². The lowest BCUT2D eigenvalue weighted by Gasteiger charge is -2.12. The summed E-state index contributed by atoms with van der Waals surface area (Å²) in [6, 6.07) is 10.7. The Bertz CT molecular complexity index is 585. The van der Waals surface area contributed by atoms with Gasteiger partial charge >= 0.3 is 0 Å². The van der Waals surface area contributed by atoms with Crippen LogP contribution in [0.2, 0.25) is 0 Å². The minimum Gasteiger partial charge on any atom is -0.497 e. The Kier molecular flexibility index (Phi) is 5.91. The van der Waals surface area contributed by atoms with Crippen LogP contribution in [-0.2, 0) is 11.2 Å². The molecule has 2 aromatic rings. The Hall–Kier alpha value is -2.40. The van der Waals surface area contributed by atoms with Gasteiger partial charge < -0.3 is 15.2 Å². The molecule has 0 aliphatic heterocycles. The largest absolute Gasteiger partial charge is 0.497 e. The third-order valence-electron chi connectivity index (χ3n) is 3.34. The number of nitrogens with zero attached hydrogens (tertiary/aromatic N) is 1. The lowest BCUT2D eigenvalue weighted by molar-refractivity contribution is -0.129. The third kappa shape index (κ3) is 4.56. The van der Waals surface area contributed by atoms with Gasteiger partial charge in [0.25, 0.3) is 5.91 Å². The molecule has 0 aliphatic rings. The second kappa shape index (κ2) is 8.14. The number of aliphatic hydroxyl groups is 1. The minimum atomic E-state index is -1.16. The molecule has 22 heavy (non-hydrogen) atoms. The Morgan fingerprint density at radius 3 is 2.73 bits per heavy atom. The fourth-order valence-corrected chi connectivity index (χ4v) is 2.08. The molecule has 1 amide bonds. The summed E-state index contributed by atoms with van der Waals surface area (Å²) in [4.78, 5) is 15.9. The van der Waals surface area contributed by atoms with Crippen molar-refractivity contribution in [2.24, 2.45) is 0 Å². The topological polar surface area (TPSA) is 71.5 Å². The molecule has 2 N–H and O–H groups in total. The van der Waals surface area contributed by atoms with Crippen LogP contribution < -0.4 is 10.1 Å². The highest BCUT2D eigenvalue weighted by molar-refractivity contribution is 5.81. The zero-order valence-electron chi connectivity index (χ0n) is 12.5. The van der Waals surface area contributed by atoms with E-state index >= 15 is 0 Å². The molecular formula is C17H20N2O3. The number of amides is 1. The standard InChI is InChI=1S/C17H20N2O3/c1-22-15-8-6-14(7-9-15)16(20)17(21)19-11-3-5-13-4-2-10-18-12-13/h2,4,6-10,12,16,20H,3,5,11H2,1H3,(H,19,21)/t16-/m1/s1. The molecule has 0 bridgehead atoms. The molecule has 0 fully saturated rings. The SMILES string of the molecule is COc1ccc([C@@H](O)C(=O)NCCCc2cccnc2)cc1. The number of benzene rings is 1. The zero-order chi connectivity index (χ0) is 15.8. The molecule has 2 rings (SSSR count). The number of pyridine rings is 1. The first kappa shape index (κ1) is 16.0. The first-order valence-electron chi connectivity index (χ1n) is 7.19.